The molecule has 144 valence electrons. The van der Waals surface area contributed by atoms with Gasteiger partial charge in [-0.2, -0.15) is 0 Å². The average Bonchev–Trinajstić information content (AvgIpc) is 2.59. The molecule has 1 saturated heterocycles. The van der Waals surface area contributed by atoms with Gasteiger partial charge in [0.05, 0.1) is 10.6 Å². The number of likely N-dealkylation sites (tertiary alicyclic amines) is 1. The summed E-state index contributed by atoms with van der Waals surface area (Å²) in [7, 11) is -2.56. The van der Waals surface area contributed by atoms with Gasteiger partial charge < -0.3 is 9.64 Å². The molecular formula is C17H23ClN2O5S. The maximum absolute atomic E-state index is 12.2. The zero-order valence-corrected chi connectivity index (χ0v) is 16.2. The molecule has 1 amide bonds. The summed E-state index contributed by atoms with van der Waals surface area (Å²) in [5.41, 5.74) is 0.0173. The lowest BCUT2D eigenvalue weighted by atomic mass is 10.1. The predicted molar refractivity (Wildman–Crippen MR) is 97.6 cm³/mol. The molecule has 0 atom stereocenters. The van der Waals surface area contributed by atoms with Crippen molar-refractivity contribution >= 4 is 33.5 Å². The summed E-state index contributed by atoms with van der Waals surface area (Å²) < 4.78 is 31.1. The average molecular weight is 403 g/mol. The van der Waals surface area contributed by atoms with Gasteiger partial charge in [-0.05, 0) is 38.1 Å². The highest BCUT2D eigenvalue weighted by molar-refractivity contribution is 7.89. The van der Waals surface area contributed by atoms with Crippen LogP contribution in [0.4, 0.5) is 0 Å². The smallest absolute Gasteiger partial charge is 0.338 e. The SMILES string of the molecule is CNS(=O)(=O)c1cc(C(=O)OCC(=O)N2CCCCCCC2)ccc1Cl. The number of hydrogen-bond donors (Lipinski definition) is 1. The van der Waals surface area contributed by atoms with Crippen LogP contribution in [0.5, 0.6) is 0 Å². The summed E-state index contributed by atoms with van der Waals surface area (Å²) in [6, 6.07) is 3.81. The van der Waals surface area contributed by atoms with Gasteiger partial charge >= 0.3 is 5.97 Å². The van der Waals surface area contributed by atoms with Crippen molar-refractivity contribution in [1.29, 1.82) is 0 Å². The molecule has 0 aromatic heterocycles. The van der Waals surface area contributed by atoms with Crippen molar-refractivity contribution in [2.45, 2.75) is 37.0 Å². The Morgan fingerprint density at radius 1 is 1.15 bits per heavy atom. The van der Waals surface area contributed by atoms with Crippen LogP contribution in [0, 0.1) is 0 Å². The molecule has 2 rings (SSSR count). The summed E-state index contributed by atoms with van der Waals surface area (Å²) in [4.78, 5) is 25.9. The van der Waals surface area contributed by atoms with Gasteiger partial charge in [0, 0.05) is 13.1 Å². The molecule has 1 heterocycles. The van der Waals surface area contributed by atoms with Crippen molar-refractivity contribution in [1.82, 2.24) is 9.62 Å². The van der Waals surface area contributed by atoms with E-state index in [1.807, 2.05) is 0 Å². The Morgan fingerprint density at radius 3 is 2.38 bits per heavy atom. The molecule has 0 aliphatic carbocycles. The van der Waals surface area contributed by atoms with Gasteiger partial charge in [-0.1, -0.05) is 30.9 Å². The number of benzene rings is 1. The van der Waals surface area contributed by atoms with Crippen LogP contribution in [-0.4, -0.2) is 51.9 Å². The van der Waals surface area contributed by atoms with Gasteiger partial charge in [0.2, 0.25) is 10.0 Å². The Hall–Kier alpha value is -1.64. The van der Waals surface area contributed by atoms with Gasteiger partial charge in [0.25, 0.3) is 5.91 Å². The Kier molecular flexibility index (Phi) is 7.43. The quantitative estimate of drug-likeness (QED) is 0.762. The van der Waals surface area contributed by atoms with Crippen LogP contribution >= 0.6 is 11.6 Å². The fourth-order valence-electron chi connectivity index (χ4n) is 2.74. The monoisotopic (exact) mass is 402 g/mol. The molecular weight excluding hydrogens is 380 g/mol. The van der Waals surface area contributed by atoms with Crippen molar-refractivity contribution in [3.05, 3.63) is 28.8 Å². The topological polar surface area (TPSA) is 92.8 Å². The second kappa shape index (κ2) is 9.34. The van der Waals surface area contributed by atoms with E-state index in [0.29, 0.717) is 13.1 Å². The Morgan fingerprint density at radius 2 is 1.77 bits per heavy atom. The first kappa shape index (κ1) is 20.7. The molecule has 1 N–H and O–H groups in total. The Labute approximate surface area is 158 Å². The third-order valence-corrected chi connectivity index (χ3v) is 6.16. The van der Waals surface area contributed by atoms with Gasteiger partial charge in [0.1, 0.15) is 4.90 Å². The molecule has 1 aliphatic heterocycles. The lowest BCUT2D eigenvalue weighted by Crippen LogP contribution is -2.37. The molecule has 1 aliphatic rings. The number of amides is 1. The van der Waals surface area contributed by atoms with Crippen LogP contribution in [-0.2, 0) is 19.6 Å². The highest BCUT2D eigenvalue weighted by atomic mass is 35.5. The molecule has 0 spiro atoms. The molecule has 0 radical (unpaired) electrons. The van der Waals surface area contributed by atoms with Gasteiger partial charge in [-0.25, -0.2) is 17.9 Å². The maximum Gasteiger partial charge on any atom is 0.338 e. The molecule has 1 aromatic rings. The summed E-state index contributed by atoms with van der Waals surface area (Å²) >= 11 is 5.89. The van der Waals surface area contributed by atoms with E-state index in [4.69, 9.17) is 16.3 Å². The molecule has 7 nitrogen and oxygen atoms in total. The molecule has 0 bridgehead atoms. The largest absolute Gasteiger partial charge is 0.452 e. The predicted octanol–water partition coefficient (Wildman–Crippen LogP) is 2.20. The zero-order chi connectivity index (χ0) is 19.2. The van der Waals surface area contributed by atoms with E-state index in [2.05, 4.69) is 4.72 Å². The lowest BCUT2D eigenvalue weighted by molar-refractivity contribution is -0.134. The van der Waals surface area contributed by atoms with Gasteiger partial charge in [-0.15, -0.1) is 0 Å². The number of esters is 1. The number of carbonyl (C=O) groups is 2. The number of carbonyl (C=O) groups excluding carboxylic acids is 2. The minimum Gasteiger partial charge on any atom is -0.452 e. The number of hydrogen-bond acceptors (Lipinski definition) is 5. The van der Waals surface area contributed by atoms with Crippen LogP contribution in [0.15, 0.2) is 23.1 Å². The summed E-state index contributed by atoms with van der Waals surface area (Å²) in [5, 5.41) is -0.00684. The van der Waals surface area contributed by atoms with Crippen LogP contribution in [0.2, 0.25) is 5.02 Å². The maximum atomic E-state index is 12.2. The summed E-state index contributed by atoms with van der Waals surface area (Å²) in [6.45, 7) is 0.972. The Bertz CT molecular complexity index is 758. The molecule has 9 heteroatoms. The van der Waals surface area contributed by atoms with E-state index in [0.717, 1.165) is 31.7 Å². The molecule has 1 fully saturated rings. The minimum atomic E-state index is -3.81. The van der Waals surface area contributed by atoms with Crippen LogP contribution in [0.1, 0.15) is 42.5 Å². The second-order valence-corrected chi connectivity index (χ2v) is 8.34. The fourth-order valence-corrected chi connectivity index (χ4v) is 3.99. The van der Waals surface area contributed by atoms with Crippen molar-refractivity contribution in [2.24, 2.45) is 0 Å². The van der Waals surface area contributed by atoms with E-state index >= 15 is 0 Å². The van der Waals surface area contributed by atoms with E-state index in [9.17, 15) is 18.0 Å². The van der Waals surface area contributed by atoms with E-state index in [1.165, 1.54) is 25.6 Å². The van der Waals surface area contributed by atoms with E-state index in [-0.39, 0.29) is 28.0 Å². The van der Waals surface area contributed by atoms with E-state index in [1.54, 1.807) is 4.90 Å². The third kappa shape index (κ3) is 5.43. The van der Waals surface area contributed by atoms with Crippen LogP contribution < -0.4 is 4.72 Å². The third-order valence-electron chi connectivity index (χ3n) is 4.26. The number of halogens is 1. The van der Waals surface area contributed by atoms with Crippen LogP contribution in [0.3, 0.4) is 0 Å². The number of rotatable bonds is 5. The number of nitrogens with zero attached hydrogens (tertiary/aromatic N) is 1. The number of sulfonamides is 1. The van der Waals surface area contributed by atoms with Crippen molar-refractivity contribution < 1.29 is 22.7 Å². The normalized spacial score (nSPS) is 15.8. The molecule has 0 saturated carbocycles. The van der Waals surface area contributed by atoms with Crippen LogP contribution in [0.25, 0.3) is 0 Å². The van der Waals surface area contributed by atoms with E-state index < -0.39 is 16.0 Å². The van der Waals surface area contributed by atoms with Crippen molar-refractivity contribution in [3.63, 3.8) is 0 Å². The highest BCUT2D eigenvalue weighted by Gasteiger charge is 2.21. The first-order valence-corrected chi connectivity index (χ1v) is 10.4. The summed E-state index contributed by atoms with van der Waals surface area (Å²) in [5.74, 6) is -1.01. The Balaban J connectivity index is 2.01. The first-order chi connectivity index (χ1) is 12.3. The van der Waals surface area contributed by atoms with Gasteiger partial charge in [0.15, 0.2) is 6.61 Å². The number of ether oxygens (including phenoxy) is 1. The summed E-state index contributed by atoms with van der Waals surface area (Å²) in [6.07, 6.45) is 5.27. The van der Waals surface area contributed by atoms with Gasteiger partial charge in [-0.3, -0.25) is 4.79 Å². The van der Waals surface area contributed by atoms with Crippen molar-refractivity contribution in [2.75, 3.05) is 26.7 Å². The minimum absolute atomic E-state index is 0.00684. The zero-order valence-electron chi connectivity index (χ0n) is 14.7. The first-order valence-electron chi connectivity index (χ1n) is 8.53. The highest BCUT2D eigenvalue weighted by Crippen LogP contribution is 2.22. The number of nitrogens with one attached hydrogen (secondary N) is 1. The molecule has 26 heavy (non-hydrogen) atoms. The molecule has 0 unspecified atom stereocenters. The fraction of sp³-hybridized carbons (Fsp3) is 0.529. The lowest BCUT2D eigenvalue weighted by Gasteiger charge is -2.24. The standard InChI is InChI=1S/C17H23ClN2O5S/c1-19-26(23,24)15-11-13(7-8-14(15)18)17(22)25-12-16(21)20-9-5-3-2-4-6-10-20/h7-8,11,19H,2-6,9-10,12H2,1H3. The van der Waals surface area contributed by atoms with Crippen molar-refractivity contribution in [3.8, 4) is 0 Å². The molecule has 1 aromatic carbocycles. The second-order valence-electron chi connectivity index (χ2n) is 6.08.